The Balaban J connectivity index is 1.84. The third kappa shape index (κ3) is 4.89. The number of hydrogen-bond acceptors (Lipinski definition) is 5. The highest BCUT2D eigenvalue weighted by Crippen LogP contribution is 2.22. The van der Waals surface area contributed by atoms with E-state index in [0.717, 1.165) is 11.3 Å². The molecule has 2 amide bonds. The molecule has 0 bridgehead atoms. The summed E-state index contributed by atoms with van der Waals surface area (Å²) in [5, 5.41) is 13.0. The first-order chi connectivity index (χ1) is 11.5. The first kappa shape index (κ1) is 18.1. The summed E-state index contributed by atoms with van der Waals surface area (Å²) in [5.74, 6) is -0.0637. The second-order valence-electron chi connectivity index (χ2n) is 5.42. The standard InChI is InChI=1S/C16H22N4O3S/c1-4-11(19-13(21)8-12-5-6-18-20-12)9-17-16(22)15-10(2)7-14(23-15)24-3/h5-7,11H,4,8-9H2,1-3H3,(H,17,22)(H,18,20)(H,19,21). The summed E-state index contributed by atoms with van der Waals surface area (Å²) < 4.78 is 5.50. The molecule has 130 valence electrons. The normalized spacial score (nSPS) is 12.0. The summed E-state index contributed by atoms with van der Waals surface area (Å²) in [6.45, 7) is 4.14. The predicted molar refractivity (Wildman–Crippen MR) is 92.1 cm³/mol. The summed E-state index contributed by atoms with van der Waals surface area (Å²) in [7, 11) is 0. The Morgan fingerprint density at radius 1 is 1.46 bits per heavy atom. The Hall–Kier alpha value is -2.22. The Morgan fingerprint density at radius 2 is 2.25 bits per heavy atom. The number of hydrogen-bond donors (Lipinski definition) is 3. The monoisotopic (exact) mass is 350 g/mol. The van der Waals surface area contributed by atoms with Crippen molar-refractivity contribution in [2.75, 3.05) is 12.8 Å². The van der Waals surface area contributed by atoms with Crippen LogP contribution >= 0.6 is 11.8 Å². The van der Waals surface area contributed by atoms with E-state index in [4.69, 9.17) is 4.42 Å². The largest absolute Gasteiger partial charge is 0.444 e. The number of amides is 2. The minimum Gasteiger partial charge on any atom is -0.444 e. The van der Waals surface area contributed by atoms with Gasteiger partial charge in [0.2, 0.25) is 5.91 Å². The lowest BCUT2D eigenvalue weighted by molar-refractivity contribution is -0.121. The van der Waals surface area contributed by atoms with Crippen LogP contribution in [0.3, 0.4) is 0 Å². The maximum Gasteiger partial charge on any atom is 0.287 e. The van der Waals surface area contributed by atoms with Gasteiger partial charge in [0, 0.05) is 30.0 Å². The van der Waals surface area contributed by atoms with Gasteiger partial charge < -0.3 is 15.1 Å². The van der Waals surface area contributed by atoms with Gasteiger partial charge in [-0.2, -0.15) is 5.10 Å². The Kier molecular flexibility index (Phi) is 6.48. The van der Waals surface area contributed by atoms with Crippen LogP contribution in [-0.4, -0.2) is 40.9 Å². The van der Waals surface area contributed by atoms with E-state index in [1.54, 1.807) is 12.3 Å². The van der Waals surface area contributed by atoms with Crippen molar-refractivity contribution in [1.82, 2.24) is 20.8 Å². The lowest BCUT2D eigenvalue weighted by Crippen LogP contribution is -2.43. The van der Waals surface area contributed by atoms with E-state index >= 15 is 0 Å². The minimum absolute atomic E-state index is 0.112. The van der Waals surface area contributed by atoms with Crippen molar-refractivity contribution >= 4 is 23.6 Å². The van der Waals surface area contributed by atoms with Crippen LogP contribution in [0.4, 0.5) is 0 Å². The van der Waals surface area contributed by atoms with Gasteiger partial charge in [-0.15, -0.1) is 0 Å². The topological polar surface area (TPSA) is 100 Å². The summed E-state index contributed by atoms with van der Waals surface area (Å²) in [6.07, 6.45) is 4.44. The molecule has 2 aromatic heterocycles. The molecular formula is C16H22N4O3S. The molecule has 0 saturated heterocycles. The Bertz CT molecular complexity index is 682. The fourth-order valence-corrected chi connectivity index (χ4v) is 2.67. The van der Waals surface area contributed by atoms with Crippen LogP contribution in [-0.2, 0) is 11.2 Å². The van der Waals surface area contributed by atoms with Crippen LogP contribution in [0.1, 0.15) is 35.2 Å². The van der Waals surface area contributed by atoms with E-state index < -0.39 is 0 Å². The maximum absolute atomic E-state index is 12.2. The Morgan fingerprint density at radius 3 is 2.83 bits per heavy atom. The molecule has 0 fully saturated rings. The van der Waals surface area contributed by atoms with E-state index in [-0.39, 0.29) is 24.3 Å². The van der Waals surface area contributed by atoms with Crippen LogP contribution in [0, 0.1) is 6.92 Å². The van der Waals surface area contributed by atoms with Crippen LogP contribution in [0.25, 0.3) is 0 Å². The van der Waals surface area contributed by atoms with Crippen molar-refractivity contribution in [3.63, 3.8) is 0 Å². The molecule has 7 nitrogen and oxygen atoms in total. The van der Waals surface area contributed by atoms with E-state index in [2.05, 4.69) is 20.8 Å². The second kappa shape index (κ2) is 8.58. The number of nitrogens with one attached hydrogen (secondary N) is 3. The molecule has 24 heavy (non-hydrogen) atoms. The zero-order valence-corrected chi connectivity index (χ0v) is 14.8. The first-order valence-electron chi connectivity index (χ1n) is 7.73. The van der Waals surface area contributed by atoms with E-state index in [1.165, 1.54) is 11.8 Å². The number of aromatic nitrogens is 2. The molecule has 8 heteroatoms. The maximum atomic E-state index is 12.2. The quantitative estimate of drug-likeness (QED) is 0.632. The number of carbonyl (C=O) groups is 2. The third-order valence-corrected chi connectivity index (χ3v) is 4.18. The molecule has 2 rings (SSSR count). The summed E-state index contributed by atoms with van der Waals surface area (Å²) in [4.78, 5) is 24.2. The molecule has 0 aliphatic rings. The van der Waals surface area contributed by atoms with Gasteiger partial charge in [-0.1, -0.05) is 18.7 Å². The van der Waals surface area contributed by atoms with E-state index in [1.807, 2.05) is 26.2 Å². The third-order valence-electron chi connectivity index (χ3n) is 3.58. The van der Waals surface area contributed by atoms with Crippen molar-refractivity contribution < 1.29 is 14.0 Å². The number of rotatable bonds is 8. The predicted octanol–water partition coefficient (Wildman–Crippen LogP) is 1.90. The summed E-state index contributed by atoms with van der Waals surface area (Å²) in [5.41, 5.74) is 1.55. The van der Waals surface area contributed by atoms with Gasteiger partial charge >= 0.3 is 0 Å². The average Bonchev–Trinajstić information content (AvgIpc) is 3.20. The van der Waals surface area contributed by atoms with Gasteiger partial charge in [0.1, 0.15) is 0 Å². The molecular weight excluding hydrogens is 328 g/mol. The zero-order valence-electron chi connectivity index (χ0n) is 14.0. The van der Waals surface area contributed by atoms with Crippen molar-refractivity contribution in [3.8, 4) is 0 Å². The van der Waals surface area contributed by atoms with Gasteiger partial charge in [-0.25, -0.2) is 0 Å². The molecule has 0 aliphatic carbocycles. The summed E-state index contributed by atoms with van der Waals surface area (Å²) in [6, 6.07) is 3.45. The van der Waals surface area contributed by atoms with Crippen molar-refractivity contribution in [2.45, 2.75) is 37.8 Å². The van der Waals surface area contributed by atoms with Gasteiger partial charge in [0.05, 0.1) is 6.42 Å². The molecule has 0 radical (unpaired) electrons. The molecule has 0 aromatic carbocycles. The smallest absolute Gasteiger partial charge is 0.287 e. The number of thioether (sulfide) groups is 1. The van der Waals surface area contributed by atoms with Crippen LogP contribution in [0.15, 0.2) is 27.8 Å². The van der Waals surface area contributed by atoms with Gasteiger partial charge in [-0.05, 0) is 31.7 Å². The van der Waals surface area contributed by atoms with Gasteiger partial charge in [0.25, 0.3) is 5.91 Å². The number of aromatic amines is 1. The SMILES string of the molecule is CCC(CNC(=O)c1oc(SC)cc1C)NC(=O)Cc1ccn[nH]1. The zero-order chi connectivity index (χ0) is 17.5. The highest BCUT2D eigenvalue weighted by atomic mass is 32.2. The van der Waals surface area contributed by atoms with Crippen LogP contribution < -0.4 is 10.6 Å². The fraction of sp³-hybridized carbons (Fsp3) is 0.438. The molecule has 0 saturated carbocycles. The van der Waals surface area contributed by atoms with Gasteiger partial charge in [-0.3, -0.25) is 14.7 Å². The van der Waals surface area contributed by atoms with E-state index in [0.29, 0.717) is 23.8 Å². The lowest BCUT2D eigenvalue weighted by atomic mass is 10.2. The van der Waals surface area contributed by atoms with Crippen molar-refractivity contribution in [1.29, 1.82) is 0 Å². The number of H-pyrrole nitrogens is 1. The second-order valence-corrected chi connectivity index (χ2v) is 6.23. The van der Waals surface area contributed by atoms with Crippen molar-refractivity contribution in [3.05, 3.63) is 35.3 Å². The average molecular weight is 350 g/mol. The highest BCUT2D eigenvalue weighted by molar-refractivity contribution is 7.98. The van der Waals surface area contributed by atoms with E-state index in [9.17, 15) is 9.59 Å². The Labute approximate surface area is 145 Å². The summed E-state index contributed by atoms with van der Waals surface area (Å²) >= 11 is 1.45. The highest BCUT2D eigenvalue weighted by Gasteiger charge is 2.18. The number of carbonyl (C=O) groups excluding carboxylic acids is 2. The molecule has 2 aromatic rings. The molecule has 0 spiro atoms. The molecule has 1 unspecified atom stereocenters. The number of furan rings is 1. The van der Waals surface area contributed by atoms with Crippen molar-refractivity contribution in [2.24, 2.45) is 0 Å². The number of aryl methyl sites for hydroxylation is 1. The van der Waals surface area contributed by atoms with Gasteiger partial charge in [0.15, 0.2) is 10.9 Å². The molecule has 1 atom stereocenters. The van der Waals surface area contributed by atoms with Crippen LogP contribution in [0.2, 0.25) is 0 Å². The van der Waals surface area contributed by atoms with Crippen LogP contribution in [0.5, 0.6) is 0 Å². The molecule has 2 heterocycles. The lowest BCUT2D eigenvalue weighted by Gasteiger charge is -2.17. The first-order valence-corrected chi connectivity index (χ1v) is 8.96. The number of nitrogens with zero attached hydrogens (tertiary/aromatic N) is 1. The fourth-order valence-electron chi connectivity index (χ4n) is 2.21. The minimum atomic E-state index is -0.269. The molecule has 0 aliphatic heterocycles. The molecule has 3 N–H and O–H groups in total.